The van der Waals surface area contributed by atoms with E-state index in [1.807, 2.05) is 36.4 Å². The molecule has 5 heteroatoms. The number of aryl methyl sites for hydroxylation is 2. The summed E-state index contributed by atoms with van der Waals surface area (Å²) in [5, 5.41) is 4.95. The van der Waals surface area contributed by atoms with Crippen molar-refractivity contribution >= 4 is 49.9 Å². The van der Waals surface area contributed by atoms with Gasteiger partial charge >= 0.3 is 0 Å². The minimum Gasteiger partial charge on any atom is -0.309 e. The highest BCUT2D eigenvalue weighted by Gasteiger charge is 2.26. The van der Waals surface area contributed by atoms with Crippen molar-refractivity contribution in [2.45, 2.75) is 12.8 Å². The number of hydrogen-bond donors (Lipinski definition) is 0. The summed E-state index contributed by atoms with van der Waals surface area (Å²) in [4.78, 5) is 17.6. The van der Waals surface area contributed by atoms with Crippen molar-refractivity contribution in [3.8, 4) is 39.6 Å². The molecule has 10 aromatic rings. The predicted octanol–water partition coefficient (Wildman–Crippen LogP) is 12.7. The molecule has 264 valence electrons. The smallest absolute Gasteiger partial charge is 0.238 e. The van der Waals surface area contributed by atoms with Gasteiger partial charge in [-0.3, -0.25) is 4.90 Å². The van der Waals surface area contributed by atoms with E-state index in [4.69, 9.17) is 15.0 Å². The molecule has 56 heavy (non-hydrogen) atoms. The molecule has 0 spiro atoms. The third-order valence-corrected chi connectivity index (χ3v) is 11.1. The number of benzene rings is 8. The van der Waals surface area contributed by atoms with E-state index >= 15 is 0 Å². The molecule has 0 N–H and O–H groups in total. The van der Waals surface area contributed by atoms with Gasteiger partial charge < -0.3 is 4.57 Å². The summed E-state index contributed by atoms with van der Waals surface area (Å²) in [5.41, 5.74) is 12.5. The summed E-state index contributed by atoms with van der Waals surface area (Å²) in [7, 11) is 0. The van der Waals surface area contributed by atoms with Crippen LogP contribution >= 0.6 is 0 Å². The van der Waals surface area contributed by atoms with Gasteiger partial charge in [0, 0.05) is 27.3 Å². The molecule has 0 radical (unpaired) electrons. The number of hydrogen-bond acceptors (Lipinski definition) is 4. The lowest BCUT2D eigenvalue weighted by Gasteiger charge is -2.26. The second-order valence-electron chi connectivity index (χ2n) is 14.4. The van der Waals surface area contributed by atoms with Gasteiger partial charge in [-0.05, 0) is 82.9 Å². The van der Waals surface area contributed by atoms with Gasteiger partial charge in [0.25, 0.3) is 0 Å². The Labute approximate surface area is 324 Å². The quantitative estimate of drug-likeness (QED) is 0.178. The first-order valence-electron chi connectivity index (χ1n) is 19.2. The maximum atomic E-state index is 5.18. The number of rotatable bonds is 5. The molecule has 1 aliphatic rings. The fourth-order valence-corrected chi connectivity index (χ4v) is 8.45. The van der Waals surface area contributed by atoms with Crippen LogP contribution in [0.1, 0.15) is 11.1 Å². The molecule has 0 bridgehead atoms. The molecule has 0 amide bonds. The standard InChI is InChI=1S/C51H35N5/c1-3-16-36(17-4-1)49-52-50(37-18-5-2-6-19-37)54-51(53-49)56-44-23-11-8-15-35(44)26-27-40-32-38(28-30-45(40)56)39-29-31-48-43(33-39)42-22-10-12-24-47(42)55(48)46-25-13-20-34-14-7-9-21-41(34)46/h1-25,28-33H,26-27H2. The van der Waals surface area contributed by atoms with E-state index in [2.05, 4.69) is 161 Å². The first-order valence-corrected chi connectivity index (χ1v) is 19.2. The Kier molecular flexibility index (Phi) is 7.56. The van der Waals surface area contributed by atoms with Crippen LogP contribution in [0.25, 0.3) is 72.2 Å². The average molecular weight is 718 g/mol. The topological polar surface area (TPSA) is 46.8 Å². The lowest BCUT2D eigenvalue weighted by Crippen LogP contribution is -2.16. The molecular weight excluding hydrogens is 683 g/mol. The minimum absolute atomic E-state index is 0.601. The van der Waals surface area contributed by atoms with Crippen molar-refractivity contribution in [1.82, 2.24) is 19.5 Å². The van der Waals surface area contributed by atoms with E-state index in [-0.39, 0.29) is 0 Å². The minimum atomic E-state index is 0.601. The molecule has 11 rings (SSSR count). The van der Waals surface area contributed by atoms with Crippen LogP contribution in [-0.4, -0.2) is 19.5 Å². The van der Waals surface area contributed by atoms with Gasteiger partial charge in [-0.15, -0.1) is 0 Å². The number of nitrogens with zero attached hydrogens (tertiary/aromatic N) is 5. The maximum Gasteiger partial charge on any atom is 0.238 e. The Morgan fingerprint density at radius 2 is 0.929 bits per heavy atom. The Morgan fingerprint density at radius 3 is 1.73 bits per heavy atom. The van der Waals surface area contributed by atoms with Crippen molar-refractivity contribution in [2.75, 3.05) is 4.90 Å². The highest BCUT2D eigenvalue weighted by atomic mass is 15.3. The van der Waals surface area contributed by atoms with Crippen molar-refractivity contribution in [3.05, 3.63) is 199 Å². The van der Waals surface area contributed by atoms with Gasteiger partial charge in [-0.2, -0.15) is 9.97 Å². The van der Waals surface area contributed by atoms with Crippen LogP contribution in [0, 0.1) is 0 Å². The zero-order valence-electron chi connectivity index (χ0n) is 30.5. The van der Waals surface area contributed by atoms with Gasteiger partial charge in [0.2, 0.25) is 5.95 Å². The molecule has 0 unspecified atom stereocenters. The van der Waals surface area contributed by atoms with Crippen LogP contribution in [0.3, 0.4) is 0 Å². The van der Waals surface area contributed by atoms with Gasteiger partial charge in [-0.25, -0.2) is 4.98 Å². The third-order valence-electron chi connectivity index (χ3n) is 11.1. The van der Waals surface area contributed by atoms with Crippen LogP contribution < -0.4 is 4.90 Å². The summed E-state index contributed by atoms with van der Waals surface area (Å²) in [6.07, 6.45) is 1.80. The summed E-state index contributed by atoms with van der Waals surface area (Å²) in [6, 6.07) is 66.8. The zero-order valence-corrected chi connectivity index (χ0v) is 30.5. The number of aromatic nitrogens is 4. The fourth-order valence-electron chi connectivity index (χ4n) is 8.45. The summed E-state index contributed by atoms with van der Waals surface area (Å²) in [5.74, 6) is 1.89. The molecule has 0 fully saturated rings. The van der Waals surface area contributed by atoms with Crippen molar-refractivity contribution in [3.63, 3.8) is 0 Å². The van der Waals surface area contributed by atoms with E-state index in [1.165, 1.54) is 60.5 Å². The Balaban J connectivity index is 1.07. The van der Waals surface area contributed by atoms with Gasteiger partial charge in [0.05, 0.1) is 28.1 Å². The van der Waals surface area contributed by atoms with E-state index in [0.29, 0.717) is 17.6 Å². The van der Waals surface area contributed by atoms with Crippen molar-refractivity contribution in [2.24, 2.45) is 0 Å². The lowest BCUT2D eigenvalue weighted by atomic mass is 9.97. The molecular formula is C51H35N5. The SMILES string of the molecule is c1ccc(-c2nc(-c3ccccc3)nc(N3c4ccccc4CCc4cc(-c5ccc6c(c5)c5ccccc5n6-c5cccc6ccccc56)ccc43)n2)cc1. The first kappa shape index (κ1) is 32.1. The molecule has 0 aliphatic carbocycles. The largest absolute Gasteiger partial charge is 0.309 e. The number of fused-ring (bicyclic) bond motifs is 6. The van der Waals surface area contributed by atoms with Gasteiger partial charge in [0.15, 0.2) is 11.6 Å². The number of para-hydroxylation sites is 2. The van der Waals surface area contributed by atoms with Crippen molar-refractivity contribution < 1.29 is 0 Å². The predicted molar refractivity (Wildman–Crippen MR) is 230 cm³/mol. The highest BCUT2D eigenvalue weighted by molar-refractivity contribution is 6.11. The summed E-state index contributed by atoms with van der Waals surface area (Å²) >= 11 is 0. The van der Waals surface area contributed by atoms with E-state index < -0.39 is 0 Å². The molecule has 2 aromatic heterocycles. The third kappa shape index (κ3) is 5.36. The lowest BCUT2D eigenvalue weighted by molar-refractivity contribution is 0.978. The highest BCUT2D eigenvalue weighted by Crippen LogP contribution is 2.43. The van der Waals surface area contributed by atoms with E-state index in [9.17, 15) is 0 Å². The maximum absolute atomic E-state index is 5.18. The van der Waals surface area contributed by atoms with E-state index in [1.54, 1.807) is 0 Å². The van der Waals surface area contributed by atoms with Crippen LogP contribution in [0.5, 0.6) is 0 Å². The molecule has 0 saturated heterocycles. The average Bonchev–Trinajstić information content (AvgIpc) is 3.50. The van der Waals surface area contributed by atoms with E-state index in [0.717, 1.165) is 35.3 Å². The van der Waals surface area contributed by atoms with Gasteiger partial charge in [0.1, 0.15) is 0 Å². The Morgan fingerprint density at radius 1 is 0.357 bits per heavy atom. The molecule has 1 aliphatic heterocycles. The second kappa shape index (κ2) is 13.2. The number of anilines is 3. The summed E-state index contributed by atoms with van der Waals surface area (Å²) < 4.78 is 2.42. The monoisotopic (exact) mass is 717 g/mol. The van der Waals surface area contributed by atoms with Gasteiger partial charge in [-0.1, -0.05) is 146 Å². The molecule has 8 aromatic carbocycles. The zero-order chi connectivity index (χ0) is 37.0. The Hall–Kier alpha value is -7.37. The molecule has 0 saturated carbocycles. The second-order valence-corrected chi connectivity index (χ2v) is 14.4. The first-order chi connectivity index (χ1) is 27.8. The molecule has 0 atom stereocenters. The van der Waals surface area contributed by atoms with Crippen LogP contribution in [-0.2, 0) is 12.8 Å². The molecule has 5 nitrogen and oxygen atoms in total. The van der Waals surface area contributed by atoms with Crippen LogP contribution in [0.2, 0.25) is 0 Å². The normalized spacial score (nSPS) is 12.5. The fraction of sp³-hybridized carbons (Fsp3) is 0.0392. The Bertz CT molecular complexity index is 3030. The van der Waals surface area contributed by atoms with Crippen molar-refractivity contribution in [1.29, 1.82) is 0 Å². The summed E-state index contributed by atoms with van der Waals surface area (Å²) in [6.45, 7) is 0. The molecule has 3 heterocycles. The van der Waals surface area contributed by atoms with Crippen LogP contribution in [0.15, 0.2) is 188 Å². The van der Waals surface area contributed by atoms with Crippen LogP contribution in [0.4, 0.5) is 17.3 Å².